The van der Waals surface area contributed by atoms with Crippen LogP contribution in [0.2, 0.25) is 0 Å². The van der Waals surface area contributed by atoms with Gasteiger partial charge in [0.15, 0.2) is 0 Å². The Morgan fingerprint density at radius 2 is 1.92 bits per heavy atom. The van der Waals surface area contributed by atoms with Crippen LogP contribution in [0.4, 0.5) is 0 Å². The van der Waals surface area contributed by atoms with Crippen molar-refractivity contribution in [2.24, 2.45) is 0 Å². The van der Waals surface area contributed by atoms with E-state index in [1.807, 2.05) is 0 Å². The average molecular weight is 348 g/mol. The Labute approximate surface area is 149 Å². The first-order valence-corrected chi connectivity index (χ1v) is 9.01. The molecule has 2 saturated heterocycles. The third-order valence-electron chi connectivity index (χ3n) is 5.20. The van der Waals surface area contributed by atoms with Crippen LogP contribution >= 0.6 is 0 Å². The number of amides is 1. The van der Waals surface area contributed by atoms with Crippen molar-refractivity contribution in [3.63, 3.8) is 0 Å². The summed E-state index contributed by atoms with van der Waals surface area (Å²) in [6.45, 7) is 3.77. The molecule has 0 radical (unpaired) electrons. The molecule has 0 spiro atoms. The lowest BCUT2D eigenvalue weighted by molar-refractivity contribution is -0.0431. The molecule has 2 aliphatic rings. The molecule has 2 aliphatic heterocycles. The summed E-state index contributed by atoms with van der Waals surface area (Å²) in [6, 6.07) is 5.21. The summed E-state index contributed by atoms with van der Waals surface area (Å²) in [5.74, 6) is 1.05. The van der Waals surface area contributed by atoms with E-state index in [2.05, 4.69) is 4.90 Å². The van der Waals surface area contributed by atoms with Gasteiger partial charge in [-0.3, -0.25) is 4.79 Å². The van der Waals surface area contributed by atoms with Gasteiger partial charge >= 0.3 is 0 Å². The van der Waals surface area contributed by atoms with Crippen LogP contribution in [-0.2, 0) is 0 Å². The van der Waals surface area contributed by atoms with Crippen molar-refractivity contribution in [1.29, 1.82) is 0 Å². The van der Waals surface area contributed by atoms with Gasteiger partial charge in [-0.15, -0.1) is 0 Å². The van der Waals surface area contributed by atoms with E-state index in [-0.39, 0.29) is 5.91 Å². The van der Waals surface area contributed by atoms with Crippen molar-refractivity contribution in [2.45, 2.75) is 31.3 Å². The molecule has 6 heteroatoms. The minimum absolute atomic E-state index is 0.0981. The van der Waals surface area contributed by atoms with E-state index in [4.69, 9.17) is 9.47 Å². The summed E-state index contributed by atoms with van der Waals surface area (Å²) < 4.78 is 10.6. The van der Waals surface area contributed by atoms with Gasteiger partial charge in [0.25, 0.3) is 5.91 Å². The molecular formula is C19H28N2O4. The Kier molecular flexibility index (Phi) is 5.49. The highest BCUT2D eigenvalue weighted by molar-refractivity contribution is 5.97. The largest absolute Gasteiger partial charge is 0.497 e. The monoisotopic (exact) mass is 348 g/mol. The highest BCUT2D eigenvalue weighted by atomic mass is 16.5. The number of hydrogen-bond donors (Lipinski definition) is 1. The Hall–Kier alpha value is -1.79. The number of ether oxygens (including phenoxy) is 2. The molecule has 0 saturated carbocycles. The maximum absolute atomic E-state index is 13.0. The number of piperidine rings is 1. The van der Waals surface area contributed by atoms with E-state index in [0.29, 0.717) is 36.7 Å². The molecule has 0 aromatic heterocycles. The molecule has 1 aromatic rings. The minimum atomic E-state index is -0.821. The predicted octanol–water partition coefficient (Wildman–Crippen LogP) is 1.77. The van der Waals surface area contributed by atoms with E-state index in [0.717, 1.165) is 25.9 Å². The predicted molar refractivity (Wildman–Crippen MR) is 95.3 cm³/mol. The Bertz CT molecular complexity index is 615. The first-order chi connectivity index (χ1) is 12.0. The second-order valence-electron chi connectivity index (χ2n) is 7.10. The summed E-state index contributed by atoms with van der Waals surface area (Å²) in [5, 5.41) is 11.0. The van der Waals surface area contributed by atoms with Gasteiger partial charge < -0.3 is 24.4 Å². The van der Waals surface area contributed by atoms with Crippen LogP contribution in [-0.4, -0.2) is 73.4 Å². The summed E-state index contributed by atoms with van der Waals surface area (Å²) >= 11 is 0. The first kappa shape index (κ1) is 18.0. The molecule has 1 atom stereocenters. The summed E-state index contributed by atoms with van der Waals surface area (Å²) in [5.41, 5.74) is -0.313. The molecule has 0 aliphatic carbocycles. The normalized spacial score (nSPS) is 24.4. The summed E-state index contributed by atoms with van der Waals surface area (Å²) in [6.07, 6.45) is 3.95. The molecular weight excluding hydrogens is 320 g/mol. The van der Waals surface area contributed by atoms with E-state index >= 15 is 0 Å². The van der Waals surface area contributed by atoms with E-state index in [1.165, 1.54) is 12.8 Å². The van der Waals surface area contributed by atoms with E-state index < -0.39 is 5.60 Å². The van der Waals surface area contributed by atoms with Crippen molar-refractivity contribution in [2.75, 3.05) is 46.9 Å². The summed E-state index contributed by atoms with van der Waals surface area (Å²) in [4.78, 5) is 17.0. The van der Waals surface area contributed by atoms with Crippen LogP contribution in [0.1, 0.15) is 36.0 Å². The van der Waals surface area contributed by atoms with Crippen LogP contribution in [0.15, 0.2) is 18.2 Å². The van der Waals surface area contributed by atoms with Crippen molar-refractivity contribution in [1.82, 2.24) is 9.80 Å². The fourth-order valence-electron chi connectivity index (χ4n) is 3.92. The zero-order valence-electron chi connectivity index (χ0n) is 15.2. The molecule has 138 valence electrons. The van der Waals surface area contributed by atoms with Gasteiger partial charge in [-0.1, -0.05) is 0 Å². The smallest absolute Gasteiger partial charge is 0.257 e. The molecule has 1 aromatic carbocycles. The maximum atomic E-state index is 13.0. The lowest BCUT2D eigenvalue weighted by Crippen LogP contribution is -2.55. The number of benzene rings is 1. The average Bonchev–Trinajstić information content (AvgIpc) is 3.12. The van der Waals surface area contributed by atoms with Gasteiger partial charge in [0.1, 0.15) is 11.5 Å². The van der Waals surface area contributed by atoms with Gasteiger partial charge in [0, 0.05) is 19.2 Å². The van der Waals surface area contributed by atoms with Crippen molar-refractivity contribution < 1.29 is 19.4 Å². The second-order valence-corrected chi connectivity index (χ2v) is 7.10. The van der Waals surface area contributed by atoms with Crippen LogP contribution in [0, 0.1) is 0 Å². The molecule has 3 rings (SSSR count). The lowest BCUT2D eigenvalue weighted by Gasteiger charge is -2.41. The number of rotatable bonds is 5. The van der Waals surface area contributed by atoms with Crippen LogP contribution in [0.25, 0.3) is 0 Å². The number of carbonyl (C=O) groups excluding carboxylic acids is 1. The topological polar surface area (TPSA) is 62.2 Å². The van der Waals surface area contributed by atoms with Gasteiger partial charge in [-0.05, 0) is 50.9 Å². The lowest BCUT2D eigenvalue weighted by atomic mass is 9.91. The SMILES string of the molecule is COc1ccc(C(=O)N2CCC[C@](O)(CN3CCCC3)C2)c(OC)c1. The number of aliphatic hydroxyl groups is 1. The van der Waals surface area contributed by atoms with Crippen molar-refractivity contribution in [3.8, 4) is 11.5 Å². The van der Waals surface area contributed by atoms with E-state index in [1.54, 1.807) is 37.3 Å². The number of methoxy groups -OCH3 is 2. The number of hydrogen-bond acceptors (Lipinski definition) is 5. The third-order valence-corrected chi connectivity index (χ3v) is 5.20. The Balaban J connectivity index is 1.73. The molecule has 25 heavy (non-hydrogen) atoms. The highest BCUT2D eigenvalue weighted by Crippen LogP contribution is 2.29. The molecule has 2 fully saturated rings. The first-order valence-electron chi connectivity index (χ1n) is 9.01. The zero-order valence-corrected chi connectivity index (χ0v) is 15.2. The number of nitrogens with zero attached hydrogens (tertiary/aromatic N) is 2. The van der Waals surface area contributed by atoms with Gasteiger partial charge in [-0.25, -0.2) is 0 Å². The minimum Gasteiger partial charge on any atom is -0.497 e. The molecule has 0 unspecified atom stereocenters. The fourth-order valence-corrected chi connectivity index (χ4v) is 3.92. The molecule has 2 heterocycles. The van der Waals surface area contributed by atoms with Crippen LogP contribution in [0.5, 0.6) is 11.5 Å². The van der Waals surface area contributed by atoms with E-state index in [9.17, 15) is 9.90 Å². The van der Waals surface area contributed by atoms with Gasteiger partial charge in [0.05, 0.1) is 31.9 Å². The molecule has 6 nitrogen and oxygen atoms in total. The van der Waals surface area contributed by atoms with Crippen LogP contribution < -0.4 is 9.47 Å². The second kappa shape index (κ2) is 7.62. The Morgan fingerprint density at radius 1 is 1.16 bits per heavy atom. The van der Waals surface area contributed by atoms with Crippen molar-refractivity contribution >= 4 is 5.91 Å². The number of likely N-dealkylation sites (tertiary alicyclic amines) is 2. The maximum Gasteiger partial charge on any atom is 0.257 e. The van der Waals surface area contributed by atoms with Crippen molar-refractivity contribution in [3.05, 3.63) is 23.8 Å². The fraction of sp³-hybridized carbons (Fsp3) is 0.632. The third kappa shape index (κ3) is 4.07. The highest BCUT2D eigenvalue weighted by Gasteiger charge is 2.37. The molecule has 1 amide bonds. The van der Waals surface area contributed by atoms with Gasteiger partial charge in [0.2, 0.25) is 0 Å². The molecule has 0 bridgehead atoms. The number of carbonyl (C=O) groups is 1. The quantitative estimate of drug-likeness (QED) is 0.879. The standard InChI is InChI=1S/C19H28N2O4/c1-24-15-6-7-16(17(12-15)25-2)18(22)21-11-5-8-19(23,14-21)13-20-9-3-4-10-20/h6-7,12,23H,3-5,8-11,13-14H2,1-2H3/t19-/m0/s1. The number of β-amino-alcohol motifs (C(OH)–C–C–N with tert-alkyl or cyclic N) is 1. The summed E-state index contributed by atoms with van der Waals surface area (Å²) in [7, 11) is 3.13. The van der Waals surface area contributed by atoms with Gasteiger partial charge in [-0.2, -0.15) is 0 Å². The zero-order chi connectivity index (χ0) is 17.9. The Morgan fingerprint density at radius 3 is 2.60 bits per heavy atom. The molecule has 1 N–H and O–H groups in total. The van der Waals surface area contributed by atoms with Crippen LogP contribution in [0.3, 0.4) is 0 Å².